The van der Waals surface area contributed by atoms with E-state index in [0.29, 0.717) is 6.07 Å². The second-order valence-electron chi connectivity index (χ2n) is 8.25. The van der Waals surface area contributed by atoms with Crippen LogP contribution in [-0.4, -0.2) is 32.1 Å². The van der Waals surface area contributed by atoms with Crippen LogP contribution in [0.2, 0.25) is 0 Å². The molecule has 0 spiro atoms. The Morgan fingerprint density at radius 1 is 1.06 bits per heavy atom. The average Bonchev–Trinajstić information content (AvgIpc) is 3.08. The zero-order valence-corrected chi connectivity index (χ0v) is 16.9. The molecule has 2 heterocycles. The summed E-state index contributed by atoms with van der Waals surface area (Å²) in [6, 6.07) is 1.16. The number of aromatic nitrogens is 3. The number of halogens is 6. The van der Waals surface area contributed by atoms with Gasteiger partial charge in [-0.25, -0.2) is 13.2 Å². The van der Waals surface area contributed by atoms with Gasteiger partial charge in [-0.3, -0.25) is 4.79 Å². The molecule has 1 unspecified atom stereocenters. The predicted octanol–water partition coefficient (Wildman–Crippen LogP) is 4.25. The molecule has 1 aromatic heterocycles. The summed E-state index contributed by atoms with van der Waals surface area (Å²) in [5.74, 6) is -6.15. The number of alkyl halides is 3. The van der Waals surface area contributed by atoms with Gasteiger partial charge in [0.05, 0.1) is 6.54 Å². The highest BCUT2D eigenvalue weighted by molar-refractivity contribution is 5.87. The van der Waals surface area contributed by atoms with Crippen molar-refractivity contribution in [2.24, 2.45) is 5.41 Å². The van der Waals surface area contributed by atoms with Crippen LogP contribution in [0.15, 0.2) is 18.2 Å². The molecule has 0 saturated heterocycles. The lowest BCUT2D eigenvalue weighted by atomic mass is 9.76. The largest absolute Gasteiger partial charge is 0.451 e. The maximum Gasteiger partial charge on any atom is 0.451 e. The number of allylic oxidation sites excluding steroid dienone is 1. The lowest BCUT2D eigenvalue weighted by molar-refractivity contribution is -0.148. The molecule has 0 bridgehead atoms. The van der Waals surface area contributed by atoms with Gasteiger partial charge in [-0.1, -0.05) is 20.8 Å². The molecule has 5 nitrogen and oxygen atoms in total. The molecule has 0 aliphatic carbocycles. The molecule has 0 N–H and O–H groups in total. The van der Waals surface area contributed by atoms with Crippen molar-refractivity contribution in [1.82, 2.24) is 19.7 Å². The van der Waals surface area contributed by atoms with Crippen molar-refractivity contribution >= 4 is 5.91 Å². The van der Waals surface area contributed by atoms with Crippen molar-refractivity contribution in [3.05, 3.63) is 58.9 Å². The smallest absolute Gasteiger partial charge is 0.330 e. The molecule has 31 heavy (non-hydrogen) atoms. The molecule has 167 valence electrons. The van der Waals surface area contributed by atoms with E-state index in [9.17, 15) is 31.1 Å². The summed E-state index contributed by atoms with van der Waals surface area (Å²) in [5, 5.41) is 6.66. The normalized spacial score (nSPS) is 16.0. The topological polar surface area (TPSA) is 51.0 Å². The van der Waals surface area contributed by atoms with Crippen molar-refractivity contribution in [3.63, 3.8) is 0 Å². The molecular formula is C20H19F6N4O. The SMILES string of the molecule is CC(C)(C)C(/[C]=C/C(=O)N1CCn2c(nnc2C(F)(F)F)C1)c1cc(F)c(F)cc1F. The van der Waals surface area contributed by atoms with Gasteiger partial charge in [0.2, 0.25) is 11.7 Å². The van der Waals surface area contributed by atoms with E-state index < -0.39 is 46.7 Å². The Balaban J connectivity index is 1.82. The van der Waals surface area contributed by atoms with Crippen molar-refractivity contribution in [3.8, 4) is 0 Å². The molecule has 2 aromatic rings. The van der Waals surface area contributed by atoms with Crippen LogP contribution in [0, 0.1) is 28.9 Å². The number of rotatable bonds is 3. The van der Waals surface area contributed by atoms with Crippen LogP contribution in [-0.2, 0) is 24.1 Å². The minimum Gasteiger partial charge on any atom is -0.330 e. The first-order valence-corrected chi connectivity index (χ1v) is 9.31. The zero-order chi connectivity index (χ0) is 23.1. The lowest BCUT2D eigenvalue weighted by Crippen LogP contribution is -2.38. The molecule has 3 rings (SSSR count). The van der Waals surface area contributed by atoms with E-state index in [0.717, 1.165) is 16.7 Å². The van der Waals surface area contributed by atoms with Gasteiger partial charge in [0.25, 0.3) is 0 Å². The predicted molar refractivity (Wildman–Crippen MR) is 96.8 cm³/mol. The number of hydrogen-bond donors (Lipinski definition) is 0. The van der Waals surface area contributed by atoms with Crippen molar-refractivity contribution in [1.29, 1.82) is 0 Å². The number of carbonyl (C=O) groups excluding carboxylic acids is 1. The molecule has 0 saturated carbocycles. The Bertz CT molecular complexity index is 1020. The second kappa shape index (κ2) is 8.01. The Kier molecular flexibility index (Phi) is 5.90. The van der Waals surface area contributed by atoms with E-state index >= 15 is 0 Å². The van der Waals surface area contributed by atoms with Crippen molar-refractivity contribution < 1.29 is 31.1 Å². The highest BCUT2D eigenvalue weighted by atomic mass is 19.4. The van der Waals surface area contributed by atoms with Crippen molar-refractivity contribution in [2.45, 2.75) is 46.0 Å². The summed E-state index contributed by atoms with van der Waals surface area (Å²) in [5.41, 5.74) is -0.866. The fourth-order valence-corrected chi connectivity index (χ4v) is 3.37. The molecule has 1 aromatic carbocycles. The fraction of sp³-hybridized carbons (Fsp3) is 0.450. The van der Waals surface area contributed by atoms with Crippen LogP contribution < -0.4 is 0 Å². The number of benzene rings is 1. The van der Waals surface area contributed by atoms with Crippen LogP contribution in [0.5, 0.6) is 0 Å². The molecular weight excluding hydrogens is 426 g/mol. The number of hydrogen-bond acceptors (Lipinski definition) is 3. The molecule has 1 aliphatic rings. The second-order valence-corrected chi connectivity index (χ2v) is 8.25. The van der Waals surface area contributed by atoms with Gasteiger partial charge < -0.3 is 9.47 Å². The van der Waals surface area contributed by atoms with E-state index in [-0.39, 0.29) is 31.0 Å². The van der Waals surface area contributed by atoms with Crippen LogP contribution in [0.25, 0.3) is 0 Å². The standard InChI is InChI=1S/C20H19F6N4O/c1-19(2,3)12(11-8-14(22)15(23)9-13(11)21)4-5-17(31)29-6-7-30-16(10-29)27-28-18(30)20(24,25)26/h5,8-9,12H,6-7,10H2,1-3H3. The summed E-state index contributed by atoms with van der Waals surface area (Å²) in [6.45, 7) is 4.78. The minimum absolute atomic E-state index is 0.0145. The number of amides is 1. The van der Waals surface area contributed by atoms with E-state index in [4.69, 9.17) is 0 Å². The van der Waals surface area contributed by atoms with Crippen LogP contribution in [0.4, 0.5) is 26.3 Å². The Labute approximate surface area is 174 Å². The molecule has 1 aliphatic heterocycles. The fourth-order valence-electron chi connectivity index (χ4n) is 3.37. The first-order chi connectivity index (χ1) is 14.3. The average molecular weight is 445 g/mol. The molecule has 1 amide bonds. The monoisotopic (exact) mass is 445 g/mol. The highest BCUT2D eigenvalue weighted by Gasteiger charge is 2.39. The minimum atomic E-state index is -4.65. The first-order valence-electron chi connectivity index (χ1n) is 9.31. The molecule has 0 fully saturated rings. The number of nitrogens with zero attached hydrogens (tertiary/aromatic N) is 4. The van der Waals surface area contributed by atoms with E-state index in [1.807, 2.05) is 0 Å². The molecule has 1 atom stereocenters. The van der Waals surface area contributed by atoms with Gasteiger partial charge >= 0.3 is 6.18 Å². The summed E-state index contributed by atoms with van der Waals surface area (Å²) in [6.07, 6.45) is -0.872. The Hall–Kier alpha value is -2.85. The van der Waals surface area contributed by atoms with Crippen molar-refractivity contribution in [2.75, 3.05) is 6.54 Å². The van der Waals surface area contributed by atoms with Gasteiger partial charge in [-0.15, -0.1) is 10.2 Å². The third-order valence-electron chi connectivity index (χ3n) is 4.91. The number of fused-ring (bicyclic) bond motifs is 1. The summed E-state index contributed by atoms with van der Waals surface area (Å²) in [7, 11) is 0. The van der Waals surface area contributed by atoms with Gasteiger partial charge in [0, 0.05) is 31.1 Å². The maximum atomic E-state index is 14.3. The Morgan fingerprint density at radius 3 is 2.32 bits per heavy atom. The van der Waals surface area contributed by atoms with Crippen LogP contribution >= 0.6 is 0 Å². The van der Waals surface area contributed by atoms with Crippen LogP contribution in [0.3, 0.4) is 0 Å². The quantitative estimate of drug-likeness (QED) is 0.403. The van der Waals surface area contributed by atoms with Gasteiger partial charge in [0.15, 0.2) is 17.5 Å². The summed E-state index contributed by atoms with van der Waals surface area (Å²) in [4.78, 5) is 13.8. The van der Waals surface area contributed by atoms with E-state index in [2.05, 4.69) is 16.3 Å². The highest BCUT2D eigenvalue weighted by Crippen LogP contribution is 2.37. The van der Waals surface area contributed by atoms with Gasteiger partial charge in [-0.2, -0.15) is 13.2 Å². The summed E-state index contributed by atoms with van der Waals surface area (Å²) >= 11 is 0. The lowest BCUT2D eigenvalue weighted by Gasteiger charge is -2.29. The third kappa shape index (κ3) is 4.75. The zero-order valence-electron chi connectivity index (χ0n) is 16.9. The third-order valence-corrected chi connectivity index (χ3v) is 4.91. The Morgan fingerprint density at radius 2 is 1.71 bits per heavy atom. The van der Waals surface area contributed by atoms with E-state index in [1.165, 1.54) is 4.90 Å². The summed E-state index contributed by atoms with van der Waals surface area (Å²) < 4.78 is 81.0. The van der Waals surface area contributed by atoms with Gasteiger partial charge in [-0.05, 0) is 23.1 Å². The maximum absolute atomic E-state index is 14.3. The molecule has 11 heteroatoms. The van der Waals surface area contributed by atoms with Gasteiger partial charge in [0.1, 0.15) is 5.82 Å². The van der Waals surface area contributed by atoms with Crippen LogP contribution in [0.1, 0.15) is 43.9 Å². The molecule has 1 radical (unpaired) electrons. The number of carbonyl (C=O) groups is 1. The first kappa shape index (κ1) is 22.8. The van der Waals surface area contributed by atoms with E-state index in [1.54, 1.807) is 20.8 Å².